The van der Waals surface area contributed by atoms with Crippen molar-refractivity contribution in [2.45, 2.75) is 17.4 Å². The number of halogens is 3. The van der Waals surface area contributed by atoms with Crippen LogP contribution in [0, 0.1) is 0 Å². The van der Waals surface area contributed by atoms with E-state index >= 15 is 0 Å². The lowest BCUT2D eigenvalue weighted by atomic mass is 10.0. The average molecular weight is 468 g/mol. The van der Waals surface area contributed by atoms with E-state index in [4.69, 9.17) is 11.6 Å². The maximum atomic E-state index is 12.4. The van der Waals surface area contributed by atoms with Crippen molar-refractivity contribution in [3.8, 4) is 0 Å². The van der Waals surface area contributed by atoms with Crippen LogP contribution in [0.4, 0.5) is 0 Å². The van der Waals surface area contributed by atoms with Crippen LogP contribution in [0.25, 0.3) is 0 Å². The molecule has 1 unspecified atom stereocenters. The van der Waals surface area contributed by atoms with Gasteiger partial charge in [-0.2, -0.15) is 0 Å². The van der Waals surface area contributed by atoms with Crippen molar-refractivity contribution in [1.82, 2.24) is 5.32 Å². The Balaban J connectivity index is 1.83. The van der Waals surface area contributed by atoms with Crippen LogP contribution in [-0.2, 0) is 0 Å². The lowest BCUT2D eigenvalue weighted by Gasteiger charge is -2.26. The summed E-state index contributed by atoms with van der Waals surface area (Å²) in [5.74, 6) is 0.950. The minimum atomic E-state index is -0.0470. The van der Waals surface area contributed by atoms with Crippen molar-refractivity contribution in [3.05, 3.63) is 48.0 Å². The van der Waals surface area contributed by atoms with Crippen LogP contribution in [0.15, 0.2) is 37.4 Å². The molecule has 1 aromatic carbocycles. The summed E-state index contributed by atoms with van der Waals surface area (Å²) in [6.07, 6.45) is 0.914. The second-order valence-corrected chi connectivity index (χ2v) is 9.38. The molecule has 1 aliphatic rings. The lowest BCUT2D eigenvalue weighted by molar-refractivity contribution is 0.0939. The van der Waals surface area contributed by atoms with Crippen molar-refractivity contribution in [2.24, 2.45) is 0 Å². The third-order valence-corrected chi connectivity index (χ3v) is 7.80. The normalized spacial score (nSPS) is 17.4. The molecule has 1 aromatic heterocycles. The summed E-state index contributed by atoms with van der Waals surface area (Å²) >= 11 is 16.1. The fourth-order valence-corrected chi connectivity index (χ4v) is 5.43. The van der Waals surface area contributed by atoms with Gasteiger partial charge in [-0.15, -0.1) is 23.1 Å². The van der Waals surface area contributed by atoms with Gasteiger partial charge in [0.1, 0.15) is 0 Å². The molecule has 0 bridgehead atoms. The van der Waals surface area contributed by atoms with E-state index in [1.807, 2.05) is 36.0 Å². The fourth-order valence-electron chi connectivity index (χ4n) is 2.20. The van der Waals surface area contributed by atoms with Gasteiger partial charge in [-0.05, 0) is 68.1 Å². The van der Waals surface area contributed by atoms with Crippen molar-refractivity contribution in [1.29, 1.82) is 0 Å². The number of amides is 1. The van der Waals surface area contributed by atoms with E-state index in [1.165, 1.54) is 16.2 Å². The first-order chi connectivity index (χ1) is 10.0. The van der Waals surface area contributed by atoms with E-state index in [1.54, 1.807) is 0 Å². The Morgan fingerprint density at radius 3 is 2.86 bits per heavy atom. The molecule has 2 aromatic rings. The molecule has 1 N–H and O–H groups in total. The maximum Gasteiger partial charge on any atom is 0.261 e. The fraction of sp³-hybridized carbons (Fsp3) is 0.214. The van der Waals surface area contributed by atoms with Crippen LogP contribution in [0.2, 0.25) is 5.02 Å². The number of thiophene rings is 1. The summed E-state index contributed by atoms with van der Waals surface area (Å²) in [6.45, 7) is 0. The Morgan fingerprint density at radius 1 is 1.33 bits per heavy atom. The Bertz CT molecular complexity index is 685. The van der Waals surface area contributed by atoms with Crippen LogP contribution < -0.4 is 5.32 Å². The topological polar surface area (TPSA) is 29.1 Å². The summed E-state index contributed by atoms with van der Waals surface area (Å²) < 4.78 is 1.83. The SMILES string of the molecule is O=C(NC1CCSc2ccc(Cl)cc21)c1cc(Br)c(Br)s1. The van der Waals surface area contributed by atoms with Crippen LogP contribution in [0.3, 0.4) is 0 Å². The average Bonchev–Trinajstić information content (AvgIpc) is 2.79. The number of hydrogen-bond donors (Lipinski definition) is 1. The second-order valence-electron chi connectivity index (χ2n) is 4.58. The molecule has 0 saturated carbocycles. The van der Waals surface area contributed by atoms with Crippen molar-refractivity contribution < 1.29 is 4.79 Å². The number of benzene rings is 1. The molecular weight excluding hydrogens is 458 g/mol. The number of rotatable bonds is 2. The Morgan fingerprint density at radius 2 is 2.14 bits per heavy atom. The second kappa shape index (κ2) is 6.62. The quantitative estimate of drug-likeness (QED) is 0.596. The maximum absolute atomic E-state index is 12.4. The number of carbonyl (C=O) groups excluding carboxylic acids is 1. The largest absolute Gasteiger partial charge is 0.344 e. The van der Waals surface area contributed by atoms with Crippen LogP contribution in [0.5, 0.6) is 0 Å². The molecule has 0 saturated heterocycles. The molecule has 1 atom stereocenters. The highest BCUT2D eigenvalue weighted by Crippen LogP contribution is 2.38. The van der Waals surface area contributed by atoms with Crippen LogP contribution in [-0.4, -0.2) is 11.7 Å². The van der Waals surface area contributed by atoms with Gasteiger partial charge >= 0.3 is 0 Å². The number of nitrogens with one attached hydrogen (secondary N) is 1. The highest BCUT2D eigenvalue weighted by atomic mass is 79.9. The van der Waals surface area contributed by atoms with Gasteiger partial charge in [-0.1, -0.05) is 11.6 Å². The van der Waals surface area contributed by atoms with Gasteiger partial charge in [-0.25, -0.2) is 0 Å². The first-order valence-electron chi connectivity index (χ1n) is 6.22. The van der Waals surface area contributed by atoms with Gasteiger partial charge in [0.15, 0.2) is 0 Å². The monoisotopic (exact) mass is 465 g/mol. The molecule has 1 amide bonds. The smallest absolute Gasteiger partial charge is 0.261 e. The highest BCUT2D eigenvalue weighted by molar-refractivity contribution is 9.13. The van der Waals surface area contributed by atoms with Gasteiger partial charge in [0.25, 0.3) is 5.91 Å². The zero-order chi connectivity index (χ0) is 15.0. The van der Waals surface area contributed by atoms with Gasteiger partial charge in [0.05, 0.1) is 14.7 Å². The number of thioether (sulfide) groups is 1. The number of carbonyl (C=O) groups is 1. The van der Waals surface area contributed by atoms with Gasteiger partial charge in [0.2, 0.25) is 0 Å². The van der Waals surface area contributed by atoms with E-state index < -0.39 is 0 Å². The van der Waals surface area contributed by atoms with Crippen molar-refractivity contribution in [3.63, 3.8) is 0 Å². The standard InChI is InChI=1S/C14H10Br2ClNOS2/c15-9-6-12(21-13(9)16)14(19)18-10-3-4-20-11-2-1-7(17)5-8(10)11/h1-2,5-6,10H,3-4H2,(H,18,19). The molecule has 21 heavy (non-hydrogen) atoms. The van der Waals surface area contributed by atoms with Crippen LogP contribution in [0.1, 0.15) is 27.7 Å². The predicted molar refractivity (Wildman–Crippen MR) is 96.7 cm³/mol. The van der Waals surface area contributed by atoms with E-state index in [9.17, 15) is 4.79 Å². The molecule has 2 nitrogen and oxygen atoms in total. The zero-order valence-electron chi connectivity index (χ0n) is 10.7. The van der Waals surface area contributed by atoms with Gasteiger partial charge < -0.3 is 5.32 Å². The third kappa shape index (κ3) is 3.50. The minimum Gasteiger partial charge on any atom is -0.344 e. The summed E-state index contributed by atoms with van der Waals surface area (Å²) in [6, 6.07) is 7.73. The Hall–Kier alpha value is -0.0100. The molecular formula is C14H10Br2ClNOS2. The number of hydrogen-bond acceptors (Lipinski definition) is 3. The van der Waals surface area contributed by atoms with E-state index in [-0.39, 0.29) is 11.9 Å². The summed E-state index contributed by atoms with van der Waals surface area (Å²) in [7, 11) is 0. The van der Waals surface area contributed by atoms with E-state index in [0.717, 1.165) is 26.0 Å². The Kier molecular flexibility index (Phi) is 5.01. The Labute approximate surface area is 152 Å². The zero-order valence-corrected chi connectivity index (χ0v) is 16.2. The first-order valence-corrected chi connectivity index (χ1v) is 9.99. The molecule has 110 valence electrons. The summed E-state index contributed by atoms with van der Waals surface area (Å²) in [5, 5.41) is 3.82. The lowest BCUT2D eigenvalue weighted by Crippen LogP contribution is -2.30. The molecule has 0 radical (unpaired) electrons. The van der Waals surface area contributed by atoms with E-state index in [2.05, 4.69) is 37.2 Å². The molecule has 0 aliphatic carbocycles. The predicted octanol–water partition coefficient (Wildman–Crippen LogP) is 5.89. The van der Waals surface area contributed by atoms with Gasteiger partial charge in [-0.3, -0.25) is 4.79 Å². The summed E-state index contributed by atoms with van der Waals surface area (Å²) in [5.41, 5.74) is 1.11. The van der Waals surface area contributed by atoms with Crippen LogP contribution >= 0.6 is 66.6 Å². The first kappa shape index (κ1) is 15.9. The molecule has 0 spiro atoms. The van der Waals surface area contributed by atoms with E-state index in [0.29, 0.717) is 9.90 Å². The molecule has 0 fully saturated rings. The van der Waals surface area contributed by atoms with Gasteiger partial charge in [0, 0.05) is 20.1 Å². The summed E-state index contributed by atoms with van der Waals surface area (Å²) in [4.78, 5) is 14.3. The third-order valence-electron chi connectivity index (χ3n) is 3.19. The molecule has 2 heterocycles. The number of fused-ring (bicyclic) bond motifs is 1. The molecule has 1 aliphatic heterocycles. The van der Waals surface area contributed by atoms with Crippen molar-refractivity contribution in [2.75, 3.05) is 5.75 Å². The highest BCUT2D eigenvalue weighted by Gasteiger charge is 2.24. The minimum absolute atomic E-state index is 0.0205. The molecule has 7 heteroatoms. The molecule has 3 rings (SSSR count). The van der Waals surface area contributed by atoms with Crippen molar-refractivity contribution >= 4 is 72.5 Å².